The Labute approximate surface area is 218 Å². The van der Waals surface area contributed by atoms with E-state index in [0.717, 1.165) is 6.08 Å². The number of phenols is 1. The number of carbonyl (C=O) groups is 1. The number of hydroxylamine groups is 1. The van der Waals surface area contributed by atoms with E-state index in [9.17, 15) is 24.8 Å². The zero-order valence-corrected chi connectivity index (χ0v) is 20.6. The summed E-state index contributed by atoms with van der Waals surface area (Å²) in [5, 5.41) is 38.7. The first-order valence-corrected chi connectivity index (χ1v) is 11.8. The Bertz CT molecular complexity index is 1510. The number of nitrogens with zero attached hydrogens (tertiary/aromatic N) is 4. The van der Waals surface area contributed by atoms with Crippen LogP contribution in [0.3, 0.4) is 0 Å². The molecule has 2 aromatic carbocycles. The third-order valence-corrected chi connectivity index (χ3v) is 6.62. The number of hydrogen-bond acceptors (Lipinski definition) is 8. The van der Waals surface area contributed by atoms with Crippen LogP contribution in [0.5, 0.6) is 5.75 Å². The van der Waals surface area contributed by atoms with E-state index in [0.29, 0.717) is 59.6 Å². The van der Waals surface area contributed by atoms with Crippen LogP contribution >= 0.6 is 0 Å². The van der Waals surface area contributed by atoms with Gasteiger partial charge in [-0.3, -0.25) is 10.0 Å². The van der Waals surface area contributed by atoms with Crippen LogP contribution in [0, 0.1) is 28.5 Å². The number of nitrogens with one attached hydrogen (secondary N) is 1. The Hall–Kier alpha value is -4.77. The van der Waals surface area contributed by atoms with Crippen LogP contribution in [0.4, 0.5) is 10.2 Å². The number of aromatic hydroxyl groups is 1. The molecule has 0 aliphatic carbocycles. The van der Waals surface area contributed by atoms with Gasteiger partial charge in [-0.25, -0.2) is 14.9 Å². The van der Waals surface area contributed by atoms with Gasteiger partial charge >= 0.3 is 0 Å². The molecule has 1 fully saturated rings. The lowest BCUT2D eigenvalue weighted by Crippen LogP contribution is -2.48. The van der Waals surface area contributed by atoms with Crippen LogP contribution in [-0.2, 0) is 4.79 Å². The molecule has 5 N–H and O–H groups in total. The predicted octanol–water partition coefficient (Wildman–Crippen LogP) is 3.84. The molecule has 2 heterocycles. The number of phenolic OH excluding ortho intramolecular Hbond substituents is 1. The quantitative estimate of drug-likeness (QED) is 0.228. The fourth-order valence-corrected chi connectivity index (χ4v) is 4.41. The van der Waals surface area contributed by atoms with Crippen molar-refractivity contribution in [3.05, 3.63) is 71.2 Å². The third kappa shape index (κ3) is 5.32. The number of piperidine rings is 1. The molecule has 3 aromatic rings. The van der Waals surface area contributed by atoms with Gasteiger partial charge in [-0.1, -0.05) is 18.2 Å². The van der Waals surface area contributed by atoms with E-state index in [-0.39, 0.29) is 22.4 Å². The van der Waals surface area contributed by atoms with Gasteiger partial charge in [0.15, 0.2) is 0 Å². The summed E-state index contributed by atoms with van der Waals surface area (Å²) in [6.07, 6.45) is 5.36. The summed E-state index contributed by atoms with van der Waals surface area (Å²) in [5.74, 6) is -1.20. The molecule has 0 unspecified atom stereocenters. The second-order valence-electron chi connectivity index (χ2n) is 9.39. The lowest BCUT2D eigenvalue weighted by Gasteiger charge is -2.38. The minimum absolute atomic E-state index is 0.123. The molecule has 9 nitrogen and oxygen atoms in total. The molecule has 192 valence electrons. The molecular weight excluding hydrogens is 487 g/mol. The average molecular weight is 513 g/mol. The molecule has 10 heteroatoms. The van der Waals surface area contributed by atoms with Crippen LogP contribution in [0.15, 0.2) is 48.7 Å². The predicted molar refractivity (Wildman–Crippen MR) is 139 cm³/mol. The number of carbonyl (C=O) groups excluding carboxylic acids is 1. The number of amides is 1. The van der Waals surface area contributed by atoms with E-state index < -0.39 is 11.7 Å². The Morgan fingerprint density at radius 3 is 2.50 bits per heavy atom. The number of nitriles is 2. The normalized spacial score (nSPS) is 14.6. The smallest absolute Gasteiger partial charge is 0.267 e. The van der Waals surface area contributed by atoms with Crippen LogP contribution in [0.25, 0.3) is 28.3 Å². The molecule has 1 saturated heterocycles. The number of aromatic nitrogens is 1. The maximum absolute atomic E-state index is 14.7. The summed E-state index contributed by atoms with van der Waals surface area (Å²) in [5.41, 5.74) is 9.61. The first-order valence-electron chi connectivity index (χ1n) is 11.8. The maximum atomic E-state index is 14.7. The molecule has 0 bridgehead atoms. The second kappa shape index (κ2) is 10.7. The summed E-state index contributed by atoms with van der Waals surface area (Å²) in [4.78, 5) is 17.9. The van der Waals surface area contributed by atoms with Crippen LogP contribution in [0.1, 0.15) is 36.5 Å². The summed E-state index contributed by atoms with van der Waals surface area (Å²) in [6, 6.07) is 12.8. The number of hydrogen-bond donors (Lipinski definition) is 4. The van der Waals surface area contributed by atoms with Gasteiger partial charge in [-0.05, 0) is 55.2 Å². The van der Waals surface area contributed by atoms with E-state index in [4.69, 9.17) is 10.9 Å². The Morgan fingerprint density at radius 1 is 1.18 bits per heavy atom. The maximum Gasteiger partial charge on any atom is 0.267 e. The van der Waals surface area contributed by atoms with Gasteiger partial charge in [0, 0.05) is 47.6 Å². The van der Waals surface area contributed by atoms with Crippen molar-refractivity contribution < 1.29 is 19.5 Å². The Kier molecular flexibility index (Phi) is 7.40. The van der Waals surface area contributed by atoms with E-state index >= 15 is 0 Å². The SMILES string of the molecule is CC1(N)CCN(c2ncc(-c3ccc(/C=C/C(=O)NO)c(O)c3)c(-c3ccc(C#N)c(F)c3)c2C#N)CC1. The fraction of sp³-hybridized carbons (Fsp3) is 0.214. The van der Waals surface area contributed by atoms with Gasteiger partial charge in [0.05, 0.1) is 5.56 Å². The van der Waals surface area contributed by atoms with Crippen LogP contribution < -0.4 is 16.1 Å². The number of rotatable bonds is 5. The first kappa shape index (κ1) is 26.3. The molecule has 0 radical (unpaired) electrons. The number of anilines is 1. The number of nitrogens with two attached hydrogens (primary N) is 1. The fourth-order valence-electron chi connectivity index (χ4n) is 4.41. The molecule has 38 heavy (non-hydrogen) atoms. The molecule has 0 spiro atoms. The molecule has 4 rings (SSSR count). The minimum Gasteiger partial charge on any atom is -0.507 e. The van der Waals surface area contributed by atoms with Gasteiger partial charge in [0.25, 0.3) is 5.91 Å². The van der Waals surface area contributed by atoms with Gasteiger partial charge < -0.3 is 15.7 Å². The van der Waals surface area contributed by atoms with Crippen molar-refractivity contribution in [1.82, 2.24) is 10.5 Å². The van der Waals surface area contributed by atoms with Crippen molar-refractivity contribution >= 4 is 17.8 Å². The molecular formula is C28H25FN6O3. The van der Waals surface area contributed by atoms with Crippen molar-refractivity contribution in [2.75, 3.05) is 18.0 Å². The lowest BCUT2D eigenvalue weighted by atomic mass is 9.89. The first-order chi connectivity index (χ1) is 18.2. The standard InChI is InChI=1S/C28H25FN6O3/c1-28(32)8-10-35(11-9-28)27-21(15-31)26(19-4-5-20(14-30)23(29)12-19)22(16-33-27)18-3-2-17(24(36)13-18)6-7-25(37)34-38/h2-7,12-13,16,36,38H,8-11,32H2,1H3,(H,34,37)/b7-6+. The topological polar surface area (TPSA) is 159 Å². The average Bonchev–Trinajstić information content (AvgIpc) is 2.91. The van der Waals surface area contributed by atoms with Gasteiger partial charge in [-0.2, -0.15) is 10.5 Å². The summed E-state index contributed by atoms with van der Waals surface area (Å²) >= 11 is 0. The summed E-state index contributed by atoms with van der Waals surface area (Å²) in [6.45, 7) is 3.18. The van der Waals surface area contributed by atoms with E-state index in [1.54, 1.807) is 30.5 Å². The van der Waals surface area contributed by atoms with Crippen LogP contribution in [0.2, 0.25) is 0 Å². The third-order valence-electron chi connectivity index (χ3n) is 6.62. The molecule has 0 atom stereocenters. The van der Waals surface area contributed by atoms with Crippen molar-refractivity contribution in [3.8, 4) is 40.1 Å². The zero-order valence-electron chi connectivity index (χ0n) is 20.6. The van der Waals surface area contributed by atoms with Gasteiger partial charge in [0.2, 0.25) is 0 Å². The highest BCUT2D eigenvalue weighted by atomic mass is 19.1. The van der Waals surface area contributed by atoms with Crippen LogP contribution in [-0.4, -0.2) is 39.8 Å². The second-order valence-corrected chi connectivity index (χ2v) is 9.39. The molecule has 1 aromatic heterocycles. The summed E-state index contributed by atoms with van der Waals surface area (Å²) < 4.78 is 14.7. The van der Waals surface area contributed by atoms with E-state index in [1.807, 2.05) is 11.8 Å². The highest BCUT2D eigenvalue weighted by molar-refractivity contribution is 5.93. The van der Waals surface area contributed by atoms with E-state index in [1.165, 1.54) is 29.8 Å². The Morgan fingerprint density at radius 2 is 1.89 bits per heavy atom. The van der Waals surface area contributed by atoms with Crippen molar-refractivity contribution in [2.45, 2.75) is 25.3 Å². The molecule has 1 amide bonds. The highest BCUT2D eigenvalue weighted by Crippen LogP contribution is 2.40. The van der Waals surface area contributed by atoms with Crippen molar-refractivity contribution in [1.29, 1.82) is 10.5 Å². The zero-order chi connectivity index (χ0) is 27.4. The molecule has 1 aliphatic heterocycles. The monoisotopic (exact) mass is 512 g/mol. The highest BCUT2D eigenvalue weighted by Gasteiger charge is 2.29. The number of halogens is 1. The minimum atomic E-state index is -0.760. The number of pyridine rings is 1. The molecule has 0 saturated carbocycles. The van der Waals surface area contributed by atoms with Gasteiger partial charge in [-0.15, -0.1) is 0 Å². The molecule has 1 aliphatic rings. The van der Waals surface area contributed by atoms with E-state index in [2.05, 4.69) is 11.1 Å². The summed E-state index contributed by atoms with van der Waals surface area (Å²) in [7, 11) is 0. The lowest BCUT2D eigenvalue weighted by molar-refractivity contribution is -0.124. The van der Waals surface area contributed by atoms with Gasteiger partial charge in [0.1, 0.15) is 35.1 Å². The van der Waals surface area contributed by atoms with Crippen molar-refractivity contribution in [2.24, 2.45) is 5.73 Å². The van der Waals surface area contributed by atoms with Crippen molar-refractivity contribution in [3.63, 3.8) is 0 Å². The number of benzene rings is 2. The largest absolute Gasteiger partial charge is 0.507 e. The Balaban J connectivity index is 1.88.